The molecule has 2 aromatic carbocycles. The van der Waals surface area contributed by atoms with Gasteiger partial charge in [0.2, 0.25) is 0 Å². The number of rotatable bonds is 6. The summed E-state index contributed by atoms with van der Waals surface area (Å²) in [6, 6.07) is 6.00. The Morgan fingerprint density at radius 3 is 2.33 bits per heavy atom. The first kappa shape index (κ1) is 19.6. The molecule has 0 aliphatic heterocycles. The number of ether oxygens (including phenoxy) is 2. The summed E-state index contributed by atoms with van der Waals surface area (Å²) in [5.74, 6) is -0.402. The second-order valence-corrected chi connectivity index (χ2v) is 4.90. The van der Waals surface area contributed by atoms with Gasteiger partial charge in [-0.3, -0.25) is 20.2 Å². The first-order valence-electron chi connectivity index (χ1n) is 7.01. The van der Waals surface area contributed by atoms with Gasteiger partial charge in [-0.2, -0.15) is 0 Å². The minimum Gasteiger partial charge on any atom is -0.496 e. The third-order valence-corrected chi connectivity index (χ3v) is 3.14. The summed E-state index contributed by atoms with van der Waals surface area (Å²) >= 11 is 0. The lowest BCUT2D eigenvalue weighted by Gasteiger charge is -2.11. The normalized spacial score (nSPS) is 11.4. The van der Waals surface area contributed by atoms with E-state index in [0.717, 1.165) is 36.5 Å². The smallest absolute Gasteiger partial charge is 0.496 e. The van der Waals surface area contributed by atoms with Crippen molar-refractivity contribution < 1.29 is 32.5 Å². The van der Waals surface area contributed by atoms with Crippen LogP contribution in [-0.4, -0.2) is 29.5 Å². The van der Waals surface area contributed by atoms with Gasteiger partial charge in [0.25, 0.3) is 5.69 Å². The van der Waals surface area contributed by atoms with Crippen molar-refractivity contribution in [1.82, 2.24) is 0 Å². The van der Waals surface area contributed by atoms with E-state index in [2.05, 4.69) is 9.73 Å². The Hall–Kier alpha value is -3.70. The van der Waals surface area contributed by atoms with E-state index in [0.29, 0.717) is 0 Å². The van der Waals surface area contributed by atoms with Crippen molar-refractivity contribution in [1.29, 1.82) is 0 Å². The number of aliphatic imine (C=N–C) groups is 1. The molecule has 0 aliphatic rings. The Bertz CT molecular complexity index is 914. The van der Waals surface area contributed by atoms with Crippen LogP contribution < -0.4 is 9.47 Å². The van der Waals surface area contributed by atoms with Gasteiger partial charge in [-0.15, -0.1) is 13.2 Å². The molecule has 0 atom stereocenters. The van der Waals surface area contributed by atoms with Crippen LogP contribution in [0.2, 0.25) is 0 Å². The van der Waals surface area contributed by atoms with E-state index in [1.165, 1.54) is 13.2 Å². The summed E-state index contributed by atoms with van der Waals surface area (Å²) in [5, 5.41) is 21.8. The molecule has 9 nitrogen and oxygen atoms in total. The first-order chi connectivity index (χ1) is 12.6. The molecule has 12 heteroatoms. The third kappa shape index (κ3) is 5.14. The second-order valence-electron chi connectivity index (χ2n) is 4.90. The highest BCUT2D eigenvalue weighted by Gasteiger charge is 2.31. The summed E-state index contributed by atoms with van der Waals surface area (Å²) in [4.78, 5) is 24.0. The topological polar surface area (TPSA) is 117 Å². The van der Waals surface area contributed by atoms with Gasteiger partial charge in [0.1, 0.15) is 17.2 Å². The number of methoxy groups -OCH3 is 1. The van der Waals surface area contributed by atoms with Gasteiger partial charge in [-0.05, 0) is 24.3 Å². The van der Waals surface area contributed by atoms with Crippen LogP contribution >= 0.6 is 0 Å². The van der Waals surface area contributed by atoms with Crippen LogP contribution in [-0.2, 0) is 0 Å². The quantitative estimate of drug-likeness (QED) is 0.419. The summed E-state index contributed by atoms with van der Waals surface area (Å²) in [5.41, 5.74) is -1.32. The van der Waals surface area contributed by atoms with E-state index in [4.69, 9.17) is 4.74 Å². The Kier molecular flexibility index (Phi) is 5.58. The monoisotopic (exact) mass is 385 g/mol. The van der Waals surface area contributed by atoms with Crippen molar-refractivity contribution in [3.05, 3.63) is 62.2 Å². The largest absolute Gasteiger partial charge is 0.573 e. The fraction of sp³-hybridized carbons (Fsp3) is 0.133. The molecular weight excluding hydrogens is 375 g/mol. The first-order valence-corrected chi connectivity index (χ1v) is 7.01. The van der Waals surface area contributed by atoms with Gasteiger partial charge in [0, 0.05) is 17.8 Å². The van der Waals surface area contributed by atoms with Crippen molar-refractivity contribution in [3.8, 4) is 11.5 Å². The van der Waals surface area contributed by atoms with Crippen molar-refractivity contribution in [2.45, 2.75) is 6.36 Å². The number of nitrogens with zero attached hydrogens (tertiary/aromatic N) is 3. The molecule has 0 aliphatic carbocycles. The minimum absolute atomic E-state index is 0.0481. The van der Waals surface area contributed by atoms with Crippen LogP contribution in [0.4, 0.5) is 30.2 Å². The third-order valence-electron chi connectivity index (χ3n) is 3.14. The van der Waals surface area contributed by atoms with Gasteiger partial charge < -0.3 is 9.47 Å². The highest BCUT2D eigenvalue weighted by Crippen LogP contribution is 2.32. The Morgan fingerprint density at radius 1 is 1.07 bits per heavy atom. The number of nitro groups is 2. The molecule has 0 unspecified atom stereocenters. The molecule has 0 heterocycles. The van der Waals surface area contributed by atoms with Crippen LogP contribution in [0.25, 0.3) is 0 Å². The highest BCUT2D eigenvalue weighted by molar-refractivity contribution is 5.87. The molecule has 0 fully saturated rings. The Balaban J connectivity index is 2.43. The van der Waals surface area contributed by atoms with E-state index < -0.39 is 33.3 Å². The molecule has 0 bridgehead atoms. The molecule has 0 spiro atoms. The maximum Gasteiger partial charge on any atom is 0.573 e. The number of benzene rings is 2. The van der Waals surface area contributed by atoms with Gasteiger partial charge in [0.05, 0.1) is 23.0 Å². The fourth-order valence-electron chi connectivity index (χ4n) is 2.03. The van der Waals surface area contributed by atoms with Crippen LogP contribution in [0.1, 0.15) is 5.56 Å². The fourth-order valence-corrected chi connectivity index (χ4v) is 2.03. The Labute approximate surface area is 149 Å². The predicted molar refractivity (Wildman–Crippen MR) is 86.7 cm³/mol. The number of nitro benzene ring substituents is 2. The molecule has 0 saturated heterocycles. The average Bonchev–Trinajstić information content (AvgIpc) is 2.58. The van der Waals surface area contributed by atoms with Crippen molar-refractivity contribution >= 4 is 23.3 Å². The highest BCUT2D eigenvalue weighted by atomic mass is 19.4. The van der Waals surface area contributed by atoms with Crippen molar-refractivity contribution in [2.24, 2.45) is 4.99 Å². The number of hydrogen-bond donors (Lipinski definition) is 0. The van der Waals surface area contributed by atoms with Crippen molar-refractivity contribution in [2.75, 3.05) is 7.11 Å². The SMILES string of the molecule is COc1ccc(OC(F)(F)F)cc1/C=N/c1ccc([N+](=O)[O-])cc1[N+](=O)[O-]. The maximum atomic E-state index is 12.3. The molecule has 0 N–H and O–H groups in total. The molecule has 2 rings (SSSR count). The van der Waals surface area contributed by atoms with Crippen LogP contribution in [0.3, 0.4) is 0 Å². The molecule has 142 valence electrons. The van der Waals surface area contributed by atoms with E-state index >= 15 is 0 Å². The second kappa shape index (κ2) is 7.68. The van der Waals surface area contributed by atoms with Crippen LogP contribution in [0.15, 0.2) is 41.4 Å². The maximum absolute atomic E-state index is 12.3. The van der Waals surface area contributed by atoms with Gasteiger partial charge in [-0.25, -0.2) is 4.99 Å². The molecule has 0 saturated carbocycles. The van der Waals surface area contributed by atoms with E-state index in [9.17, 15) is 33.4 Å². The summed E-state index contributed by atoms with van der Waals surface area (Å²) in [6.45, 7) is 0. The lowest BCUT2D eigenvalue weighted by atomic mass is 10.2. The van der Waals surface area contributed by atoms with Gasteiger partial charge in [-0.1, -0.05) is 0 Å². The van der Waals surface area contributed by atoms with Crippen molar-refractivity contribution in [3.63, 3.8) is 0 Å². The molecule has 27 heavy (non-hydrogen) atoms. The lowest BCUT2D eigenvalue weighted by molar-refractivity contribution is -0.393. The zero-order valence-corrected chi connectivity index (χ0v) is 13.5. The predicted octanol–water partition coefficient (Wildman–Crippen LogP) is 4.16. The summed E-state index contributed by atoms with van der Waals surface area (Å²) < 4.78 is 45.8. The molecular formula is C15H10F3N3O6. The zero-order valence-electron chi connectivity index (χ0n) is 13.5. The molecule has 0 radical (unpaired) electrons. The van der Waals surface area contributed by atoms with Gasteiger partial charge >= 0.3 is 12.0 Å². The van der Waals surface area contributed by atoms with E-state index in [-0.39, 0.29) is 17.0 Å². The number of non-ortho nitro benzene ring substituents is 1. The number of alkyl halides is 3. The number of halogens is 3. The van der Waals surface area contributed by atoms with Crippen LogP contribution in [0.5, 0.6) is 11.5 Å². The van der Waals surface area contributed by atoms with E-state index in [1.807, 2.05) is 0 Å². The summed E-state index contributed by atoms with van der Waals surface area (Å²) in [6.07, 6.45) is -3.88. The van der Waals surface area contributed by atoms with Crippen LogP contribution in [0, 0.1) is 20.2 Å². The molecule has 2 aromatic rings. The minimum atomic E-state index is -4.90. The molecule has 0 amide bonds. The molecule has 0 aromatic heterocycles. The standard InChI is InChI=1S/C15H10F3N3O6/c1-26-14-5-3-11(27-15(16,17)18)6-9(14)8-19-12-4-2-10(20(22)23)7-13(12)21(24)25/h2-8H,1H3/b19-8+. The zero-order chi connectivity index (χ0) is 20.2. The average molecular weight is 385 g/mol. The summed E-state index contributed by atoms with van der Waals surface area (Å²) in [7, 11) is 1.27. The lowest BCUT2D eigenvalue weighted by Crippen LogP contribution is -2.17. The number of hydrogen-bond acceptors (Lipinski definition) is 7. The Morgan fingerprint density at radius 2 is 1.78 bits per heavy atom. The van der Waals surface area contributed by atoms with Gasteiger partial charge in [0.15, 0.2) is 0 Å². The van der Waals surface area contributed by atoms with E-state index in [1.54, 1.807) is 0 Å².